The number of para-hydroxylation sites is 1. The summed E-state index contributed by atoms with van der Waals surface area (Å²) in [6.45, 7) is 0.131. The lowest BCUT2D eigenvalue weighted by atomic mass is 10.1. The van der Waals surface area contributed by atoms with Gasteiger partial charge in [-0.05, 0) is 54.1 Å². The molecule has 0 fully saturated rings. The zero-order valence-electron chi connectivity index (χ0n) is 21.0. The van der Waals surface area contributed by atoms with Crippen molar-refractivity contribution in [2.75, 3.05) is 7.11 Å². The molecule has 2 heterocycles. The second-order valence-electron chi connectivity index (χ2n) is 8.59. The molecular formula is C29H21F2N3O5S. The Morgan fingerprint density at radius 1 is 0.975 bits per heavy atom. The number of methoxy groups -OCH3 is 1. The highest BCUT2D eigenvalue weighted by molar-refractivity contribution is 8.14. The zero-order chi connectivity index (χ0) is 28.2. The van der Waals surface area contributed by atoms with Gasteiger partial charge < -0.3 is 14.6 Å². The van der Waals surface area contributed by atoms with Crippen LogP contribution >= 0.6 is 11.8 Å². The third-order valence-corrected chi connectivity index (χ3v) is 7.19. The van der Waals surface area contributed by atoms with Crippen molar-refractivity contribution in [3.8, 4) is 11.5 Å². The van der Waals surface area contributed by atoms with Crippen molar-refractivity contribution in [3.05, 3.63) is 125 Å². The molecule has 0 aliphatic carbocycles. The summed E-state index contributed by atoms with van der Waals surface area (Å²) in [5, 5.41) is 14.6. The molecule has 1 atom stereocenters. The summed E-state index contributed by atoms with van der Waals surface area (Å²) in [5.74, 6) is -1.95. The Kier molecular flexibility index (Phi) is 7.74. The van der Waals surface area contributed by atoms with Crippen molar-refractivity contribution < 1.29 is 33.0 Å². The molecular weight excluding hydrogens is 540 g/mol. The van der Waals surface area contributed by atoms with Gasteiger partial charge in [0, 0.05) is 17.3 Å². The molecule has 1 aliphatic rings. The number of amides is 1. The predicted octanol–water partition coefficient (Wildman–Crippen LogP) is 5.90. The molecule has 0 saturated heterocycles. The molecule has 1 aliphatic heterocycles. The first kappa shape index (κ1) is 26.8. The van der Waals surface area contributed by atoms with Crippen LogP contribution in [0.25, 0.3) is 0 Å². The summed E-state index contributed by atoms with van der Waals surface area (Å²) >= 11 is 1.24. The minimum absolute atomic E-state index is 0.00545. The number of nitrogens with zero attached hydrogens (tertiary/aromatic N) is 3. The summed E-state index contributed by atoms with van der Waals surface area (Å²) < 4.78 is 39.2. The van der Waals surface area contributed by atoms with Crippen LogP contribution in [0.2, 0.25) is 0 Å². The van der Waals surface area contributed by atoms with Crippen molar-refractivity contribution in [2.24, 2.45) is 5.10 Å². The molecule has 1 N–H and O–H groups in total. The molecule has 0 spiro atoms. The number of pyridine rings is 1. The standard InChI is InChI=1S/C29H21F2N3O5S/c1-38-25-23(3-2-4-24(25)39-16-17-5-7-19(8-6-17)29(36)37)28-34(27(35)20-13-22(31)15-32-14-20)33-26(40-28)18-9-11-21(30)12-10-18/h2-15,28H,16H2,1H3,(H,36,37). The predicted molar refractivity (Wildman–Crippen MR) is 144 cm³/mol. The van der Waals surface area contributed by atoms with E-state index in [0.29, 0.717) is 27.7 Å². The highest BCUT2D eigenvalue weighted by Gasteiger charge is 2.37. The van der Waals surface area contributed by atoms with Gasteiger partial charge in [0.25, 0.3) is 5.91 Å². The van der Waals surface area contributed by atoms with E-state index in [-0.39, 0.29) is 17.7 Å². The fraction of sp³-hybridized carbons (Fsp3) is 0.103. The van der Waals surface area contributed by atoms with Crippen LogP contribution in [-0.4, -0.2) is 39.1 Å². The van der Waals surface area contributed by atoms with Gasteiger partial charge in [0.2, 0.25) is 0 Å². The molecule has 0 radical (unpaired) electrons. The van der Waals surface area contributed by atoms with Crippen LogP contribution in [0.4, 0.5) is 8.78 Å². The molecule has 1 unspecified atom stereocenters. The minimum atomic E-state index is -1.02. The summed E-state index contributed by atoms with van der Waals surface area (Å²) in [5.41, 5.74) is 2.07. The number of hydrogen-bond donors (Lipinski definition) is 1. The summed E-state index contributed by atoms with van der Waals surface area (Å²) in [4.78, 5) is 28.4. The zero-order valence-corrected chi connectivity index (χ0v) is 21.8. The number of carbonyl (C=O) groups excluding carboxylic acids is 1. The fourth-order valence-electron chi connectivity index (χ4n) is 4.02. The number of carboxylic acids is 1. The Morgan fingerprint density at radius 3 is 2.40 bits per heavy atom. The van der Waals surface area contributed by atoms with Gasteiger partial charge in [0.15, 0.2) is 11.5 Å². The maximum Gasteiger partial charge on any atom is 0.335 e. The van der Waals surface area contributed by atoms with Gasteiger partial charge in [-0.1, -0.05) is 36.0 Å². The molecule has 0 saturated carbocycles. The average molecular weight is 562 g/mol. The SMILES string of the molecule is COc1c(OCc2ccc(C(=O)O)cc2)cccc1C1SC(c2ccc(F)cc2)=NN1C(=O)c1cncc(F)c1. The van der Waals surface area contributed by atoms with E-state index in [0.717, 1.165) is 17.8 Å². The lowest BCUT2D eigenvalue weighted by Crippen LogP contribution is -2.26. The van der Waals surface area contributed by atoms with Crippen LogP contribution in [0.15, 0.2) is 90.3 Å². The minimum Gasteiger partial charge on any atom is -0.492 e. The Morgan fingerprint density at radius 2 is 1.73 bits per heavy atom. The van der Waals surface area contributed by atoms with Gasteiger partial charge >= 0.3 is 5.97 Å². The lowest BCUT2D eigenvalue weighted by molar-refractivity contribution is 0.0695. The lowest BCUT2D eigenvalue weighted by Gasteiger charge is -2.24. The number of halogens is 2. The smallest absolute Gasteiger partial charge is 0.335 e. The number of rotatable bonds is 8. The molecule has 8 nitrogen and oxygen atoms in total. The number of aromatic nitrogens is 1. The van der Waals surface area contributed by atoms with Gasteiger partial charge in [-0.3, -0.25) is 9.78 Å². The van der Waals surface area contributed by atoms with E-state index in [1.807, 2.05) is 0 Å². The summed E-state index contributed by atoms with van der Waals surface area (Å²) in [6, 6.07) is 18.3. The fourth-order valence-corrected chi connectivity index (χ4v) is 5.19. The third kappa shape index (κ3) is 5.64. The molecule has 5 rings (SSSR count). The van der Waals surface area contributed by atoms with Gasteiger partial charge in [0.1, 0.15) is 28.7 Å². The van der Waals surface area contributed by atoms with Crippen molar-refractivity contribution in [3.63, 3.8) is 0 Å². The van der Waals surface area contributed by atoms with Crippen molar-refractivity contribution in [1.29, 1.82) is 0 Å². The van der Waals surface area contributed by atoms with Crippen molar-refractivity contribution in [1.82, 2.24) is 9.99 Å². The third-order valence-electron chi connectivity index (χ3n) is 5.97. The van der Waals surface area contributed by atoms with Crippen LogP contribution < -0.4 is 9.47 Å². The molecule has 4 aromatic rings. The van der Waals surface area contributed by atoms with Gasteiger partial charge in [-0.25, -0.2) is 18.6 Å². The molecule has 11 heteroatoms. The van der Waals surface area contributed by atoms with E-state index in [9.17, 15) is 18.4 Å². The first-order valence-corrected chi connectivity index (χ1v) is 12.8. The molecule has 40 heavy (non-hydrogen) atoms. The number of hydrogen-bond acceptors (Lipinski definition) is 7. The van der Waals surface area contributed by atoms with Gasteiger partial charge in [0.05, 0.1) is 24.4 Å². The number of ether oxygens (including phenoxy) is 2. The monoisotopic (exact) mass is 561 g/mol. The Bertz CT molecular complexity index is 1600. The van der Waals surface area contributed by atoms with E-state index in [1.165, 1.54) is 54.3 Å². The van der Waals surface area contributed by atoms with E-state index in [1.54, 1.807) is 42.5 Å². The Labute approximate surface area is 231 Å². The molecule has 3 aromatic carbocycles. The van der Waals surface area contributed by atoms with Crippen LogP contribution in [0, 0.1) is 11.6 Å². The molecule has 1 aromatic heterocycles. The number of carbonyl (C=O) groups is 2. The molecule has 0 bridgehead atoms. The highest BCUT2D eigenvalue weighted by atomic mass is 32.2. The maximum atomic E-state index is 13.9. The number of carboxylic acid groups (broad SMARTS) is 1. The number of hydrazone groups is 1. The van der Waals surface area contributed by atoms with Crippen molar-refractivity contribution >= 4 is 28.7 Å². The normalized spacial score (nSPS) is 14.5. The van der Waals surface area contributed by atoms with Gasteiger partial charge in [-0.2, -0.15) is 5.10 Å². The Hall–Kier alpha value is -4.77. The van der Waals surface area contributed by atoms with Crippen LogP contribution in [-0.2, 0) is 6.61 Å². The second-order valence-corrected chi connectivity index (χ2v) is 9.66. The van der Waals surface area contributed by atoms with E-state index >= 15 is 0 Å². The maximum absolute atomic E-state index is 13.9. The average Bonchev–Trinajstić information content (AvgIpc) is 3.41. The van der Waals surface area contributed by atoms with Crippen LogP contribution in [0.5, 0.6) is 11.5 Å². The van der Waals surface area contributed by atoms with Crippen molar-refractivity contribution in [2.45, 2.75) is 12.0 Å². The first-order chi connectivity index (χ1) is 19.3. The van der Waals surface area contributed by atoms with E-state index in [2.05, 4.69) is 10.1 Å². The van der Waals surface area contributed by atoms with Gasteiger partial charge in [-0.15, -0.1) is 0 Å². The number of benzene rings is 3. The van der Waals surface area contributed by atoms with Crippen LogP contribution in [0.1, 0.15) is 42.8 Å². The second kappa shape index (κ2) is 11.5. The van der Waals surface area contributed by atoms with E-state index in [4.69, 9.17) is 14.6 Å². The quantitative estimate of drug-likeness (QED) is 0.286. The largest absolute Gasteiger partial charge is 0.492 e. The van der Waals surface area contributed by atoms with Crippen LogP contribution in [0.3, 0.4) is 0 Å². The summed E-state index contributed by atoms with van der Waals surface area (Å²) in [7, 11) is 1.47. The molecule has 202 valence electrons. The first-order valence-electron chi connectivity index (χ1n) is 11.9. The number of thioether (sulfide) groups is 1. The summed E-state index contributed by atoms with van der Waals surface area (Å²) in [6.07, 6.45) is 2.25. The topological polar surface area (TPSA) is 101 Å². The Balaban J connectivity index is 1.48. The van der Waals surface area contributed by atoms with E-state index < -0.39 is 28.9 Å². The highest BCUT2D eigenvalue weighted by Crippen LogP contribution is 2.47. The molecule has 1 amide bonds. The number of aromatic carboxylic acids is 1.